The van der Waals surface area contributed by atoms with Gasteiger partial charge in [0.05, 0.1) is 11.8 Å². The van der Waals surface area contributed by atoms with E-state index in [9.17, 15) is 9.59 Å². The Kier molecular flexibility index (Phi) is 6.58. The number of carbonyl (C=O) groups excluding carboxylic acids is 2. The Labute approximate surface area is 118 Å². The van der Waals surface area contributed by atoms with Gasteiger partial charge in [-0.1, -0.05) is 0 Å². The van der Waals surface area contributed by atoms with E-state index in [0.717, 1.165) is 0 Å². The Morgan fingerprint density at radius 3 is 2.58 bits per heavy atom. The van der Waals surface area contributed by atoms with Crippen LogP contribution in [0.4, 0.5) is 0 Å². The average molecular weight is 290 g/mol. The summed E-state index contributed by atoms with van der Waals surface area (Å²) in [6.07, 6.45) is 2.72. The molecule has 0 aliphatic rings. The molecule has 1 rings (SSSR count). The molecule has 0 bridgehead atoms. The molecule has 4 N–H and O–H groups in total. The Morgan fingerprint density at radius 1 is 1.47 bits per heavy atom. The standard InChI is InChI=1S/C12H19N3O3.ClH/c1-8(10(16)14-7-12(2,3)13)15-11(17)9-4-5-18-6-9;/h4-6,8H,7,13H2,1-3H3,(H,14,16)(H,15,17);1H. The maximum Gasteiger partial charge on any atom is 0.255 e. The summed E-state index contributed by atoms with van der Waals surface area (Å²) >= 11 is 0. The maximum atomic E-state index is 11.7. The number of rotatable bonds is 5. The van der Waals surface area contributed by atoms with Crippen LogP contribution < -0.4 is 16.4 Å². The fourth-order valence-corrected chi connectivity index (χ4v) is 1.21. The van der Waals surface area contributed by atoms with E-state index in [2.05, 4.69) is 10.6 Å². The molecule has 108 valence electrons. The molecule has 6 nitrogen and oxygen atoms in total. The number of amides is 2. The van der Waals surface area contributed by atoms with Gasteiger partial charge in [-0.3, -0.25) is 9.59 Å². The van der Waals surface area contributed by atoms with Crippen LogP contribution in [0.5, 0.6) is 0 Å². The maximum absolute atomic E-state index is 11.7. The fraction of sp³-hybridized carbons (Fsp3) is 0.500. The number of nitrogens with one attached hydrogen (secondary N) is 2. The zero-order chi connectivity index (χ0) is 13.8. The lowest BCUT2D eigenvalue weighted by atomic mass is 10.1. The van der Waals surface area contributed by atoms with E-state index in [1.54, 1.807) is 6.92 Å². The van der Waals surface area contributed by atoms with Crippen LogP contribution in [-0.4, -0.2) is 29.9 Å². The van der Waals surface area contributed by atoms with Gasteiger partial charge < -0.3 is 20.8 Å². The Balaban J connectivity index is 0.00000324. The van der Waals surface area contributed by atoms with E-state index in [1.807, 2.05) is 13.8 Å². The topological polar surface area (TPSA) is 97.4 Å². The van der Waals surface area contributed by atoms with Crippen molar-refractivity contribution in [1.82, 2.24) is 10.6 Å². The van der Waals surface area contributed by atoms with Crippen molar-refractivity contribution in [2.45, 2.75) is 32.4 Å². The molecular formula is C12H20ClN3O3. The van der Waals surface area contributed by atoms with Crippen molar-refractivity contribution in [3.05, 3.63) is 24.2 Å². The van der Waals surface area contributed by atoms with Crippen LogP contribution in [0.3, 0.4) is 0 Å². The van der Waals surface area contributed by atoms with E-state index in [4.69, 9.17) is 10.2 Å². The predicted octanol–water partition coefficient (Wildman–Crippen LogP) is 0.673. The van der Waals surface area contributed by atoms with Crippen molar-refractivity contribution in [1.29, 1.82) is 0 Å². The minimum atomic E-state index is -0.630. The second-order valence-electron chi connectivity index (χ2n) is 4.91. The first kappa shape index (κ1) is 17.5. The number of furan rings is 1. The molecule has 7 heteroatoms. The van der Waals surface area contributed by atoms with Gasteiger partial charge in [-0.15, -0.1) is 12.4 Å². The summed E-state index contributed by atoms with van der Waals surface area (Å²) in [5.74, 6) is -0.622. The molecule has 0 spiro atoms. The third-order valence-corrected chi connectivity index (χ3v) is 2.24. The van der Waals surface area contributed by atoms with Gasteiger partial charge in [-0.2, -0.15) is 0 Å². The molecule has 0 radical (unpaired) electrons. The summed E-state index contributed by atoms with van der Waals surface area (Å²) in [5.41, 5.74) is 5.65. The highest BCUT2D eigenvalue weighted by molar-refractivity contribution is 5.97. The SMILES string of the molecule is CC(NC(=O)c1ccoc1)C(=O)NCC(C)(C)N.Cl. The van der Waals surface area contributed by atoms with Gasteiger partial charge in [0.25, 0.3) is 5.91 Å². The van der Waals surface area contributed by atoms with Crippen LogP contribution in [0.2, 0.25) is 0 Å². The summed E-state index contributed by atoms with van der Waals surface area (Å²) in [6, 6.07) is 0.901. The van der Waals surface area contributed by atoms with E-state index in [0.29, 0.717) is 12.1 Å². The van der Waals surface area contributed by atoms with Crippen molar-refractivity contribution in [2.75, 3.05) is 6.54 Å². The molecule has 1 aromatic rings. The first-order chi connectivity index (χ1) is 8.29. The molecule has 0 fully saturated rings. The number of carbonyl (C=O) groups is 2. The zero-order valence-corrected chi connectivity index (χ0v) is 12.0. The van der Waals surface area contributed by atoms with E-state index >= 15 is 0 Å². The predicted molar refractivity (Wildman–Crippen MR) is 74.2 cm³/mol. The minimum absolute atomic E-state index is 0. The van der Waals surface area contributed by atoms with Crippen molar-refractivity contribution in [3.63, 3.8) is 0 Å². The lowest BCUT2D eigenvalue weighted by molar-refractivity contribution is -0.122. The molecule has 0 aromatic carbocycles. The smallest absolute Gasteiger partial charge is 0.255 e. The quantitative estimate of drug-likeness (QED) is 0.742. The number of nitrogens with two attached hydrogens (primary N) is 1. The molecule has 19 heavy (non-hydrogen) atoms. The molecule has 0 saturated heterocycles. The average Bonchev–Trinajstić information content (AvgIpc) is 2.77. The molecule has 0 aliphatic carbocycles. The third-order valence-electron chi connectivity index (χ3n) is 2.24. The lowest BCUT2D eigenvalue weighted by Crippen LogP contribution is -2.50. The molecule has 0 saturated carbocycles. The van der Waals surface area contributed by atoms with Gasteiger partial charge in [0.1, 0.15) is 12.3 Å². The summed E-state index contributed by atoms with van der Waals surface area (Å²) in [4.78, 5) is 23.3. The van der Waals surface area contributed by atoms with Crippen molar-refractivity contribution in [3.8, 4) is 0 Å². The molecule has 2 amide bonds. The van der Waals surface area contributed by atoms with Crippen LogP contribution in [0.15, 0.2) is 23.0 Å². The molecule has 0 aliphatic heterocycles. The molecule has 1 unspecified atom stereocenters. The largest absolute Gasteiger partial charge is 0.472 e. The number of halogens is 1. The highest BCUT2D eigenvalue weighted by Crippen LogP contribution is 2.00. The van der Waals surface area contributed by atoms with Gasteiger partial charge in [0.15, 0.2) is 0 Å². The summed E-state index contributed by atoms with van der Waals surface area (Å²) in [7, 11) is 0. The van der Waals surface area contributed by atoms with Crippen molar-refractivity contribution < 1.29 is 14.0 Å². The van der Waals surface area contributed by atoms with E-state index < -0.39 is 11.6 Å². The highest BCUT2D eigenvalue weighted by atomic mass is 35.5. The highest BCUT2D eigenvalue weighted by Gasteiger charge is 2.19. The second-order valence-corrected chi connectivity index (χ2v) is 4.91. The van der Waals surface area contributed by atoms with Crippen LogP contribution in [0, 0.1) is 0 Å². The zero-order valence-electron chi connectivity index (χ0n) is 11.2. The molecular weight excluding hydrogens is 270 g/mol. The van der Waals surface area contributed by atoms with Gasteiger partial charge >= 0.3 is 0 Å². The third kappa shape index (κ3) is 6.26. The van der Waals surface area contributed by atoms with Crippen LogP contribution >= 0.6 is 12.4 Å². The Hall–Kier alpha value is -1.53. The lowest BCUT2D eigenvalue weighted by Gasteiger charge is -2.21. The first-order valence-corrected chi connectivity index (χ1v) is 5.69. The summed E-state index contributed by atoms with van der Waals surface area (Å²) in [5, 5.41) is 5.24. The van der Waals surface area contributed by atoms with Gasteiger partial charge in [-0.05, 0) is 26.8 Å². The summed E-state index contributed by atoms with van der Waals surface area (Å²) < 4.78 is 4.79. The monoisotopic (exact) mass is 289 g/mol. The van der Waals surface area contributed by atoms with Crippen LogP contribution in [0.1, 0.15) is 31.1 Å². The van der Waals surface area contributed by atoms with Gasteiger partial charge in [0, 0.05) is 12.1 Å². The van der Waals surface area contributed by atoms with Crippen molar-refractivity contribution in [2.24, 2.45) is 5.73 Å². The molecule has 1 heterocycles. The number of hydrogen-bond donors (Lipinski definition) is 3. The Morgan fingerprint density at radius 2 is 2.11 bits per heavy atom. The molecule has 1 aromatic heterocycles. The van der Waals surface area contributed by atoms with Gasteiger partial charge in [0.2, 0.25) is 5.91 Å². The number of hydrogen-bond acceptors (Lipinski definition) is 4. The minimum Gasteiger partial charge on any atom is -0.472 e. The second kappa shape index (κ2) is 7.16. The van der Waals surface area contributed by atoms with E-state index in [1.165, 1.54) is 18.6 Å². The Bertz CT molecular complexity index is 412. The van der Waals surface area contributed by atoms with E-state index in [-0.39, 0.29) is 24.2 Å². The van der Waals surface area contributed by atoms with Gasteiger partial charge in [-0.25, -0.2) is 0 Å². The van der Waals surface area contributed by atoms with Crippen LogP contribution in [-0.2, 0) is 4.79 Å². The first-order valence-electron chi connectivity index (χ1n) is 5.69. The van der Waals surface area contributed by atoms with Crippen molar-refractivity contribution >= 4 is 24.2 Å². The fourth-order valence-electron chi connectivity index (χ4n) is 1.21. The summed E-state index contributed by atoms with van der Waals surface area (Å²) in [6.45, 7) is 5.57. The normalized spacial score (nSPS) is 12.2. The molecule has 1 atom stereocenters. The van der Waals surface area contributed by atoms with Crippen LogP contribution in [0.25, 0.3) is 0 Å².